The molecule has 0 amide bonds. The van der Waals surface area contributed by atoms with E-state index in [0.29, 0.717) is 0 Å². The third-order valence-corrected chi connectivity index (χ3v) is 5.09. The fourth-order valence-electron chi connectivity index (χ4n) is 1.03. The van der Waals surface area contributed by atoms with E-state index in [1.54, 1.807) is 20.7 Å². The number of hydrogen-bond acceptors (Lipinski definition) is 4. The van der Waals surface area contributed by atoms with Crippen molar-refractivity contribution in [1.82, 2.24) is 4.98 Å². The average Bonchev–Trinajstić information content (AvgIpc) is 2.49. The van der Waals surface area contributed by atoms with Crippen molar-refractivity contribution in [3.63, 3.8) is 0 Å². The Kier molecular flexibility index (Phi) is 2.53. The van der Waals surface area contributed by atoms with Crippen molar-refractivity contribution in [2.45, 2.75) is 6.92 Å². The molecule has 0 aliphatic heterocycles. The van der Waals surface area contributed by atoms with E-state index in [1.807, 2.05) is 24.4 Å². The van der Waals surface area contributed by atoms with Crippen LogP contribution in [0.5, 0.6) is 0 Å². The smallest absolute Gasteiger partial charge is 0.105 e. The van der Waals surface area contributed by atoms with Gasteiger partial charge in [0, 0.05) is 6.20 Å². The lowest BCUT2D eigenvalue weighted by Crippen LogP contribution is -1.79. The minimum atomic E-state index is 0.977. The Morgan fingerprint density at radius 1 is 1.31 bits per heavy atom. The summed E-state index contributed by atoms with van der Waals surface area (Å²) in [6, 6.07) is 5.93. The first kappa shape index (κ1) is 8.99. The van der Waals surface area contributed by atoms with Gasteiger partial charge in [-0.2, -0.15) is 0 Å². The summed E-state index contributed by atoms with van der Waals surface area (Å²) in [4.78, 5) is 5.50. The summed E-state index contributed by atoms with van der Waals surface area (Å²) in [5, 5.41) is 0. The molecule has 0 aromatic carbocycles. The summed E-state index contributed by atoms with van der Waals surface area (Å²) in [5.41, 5.74) is 2.21. The minimum absolute atomic E-state index is 0.977. The van der Waals surface area contributed by atoms with Gasteiger partial charge in [-0.1, -0.05) is 39.0 Å². The Hall–Kier alpha value is -0.580. The van der Waals surface area contributed by atoms with Crippen LogP contribution in [0.3, 0.4) is 0 Å². The molecule has 66 valence electrons. The molecule has 0 N–H and O–H groups in total. The van der Waals surface area contributed by atoms with Gasteiger partial charge in [0.15, 0.2) is 0 Å². The predicted octanol–water partition coefficient (Wildman–Crippen LogP) is 3.91. The first-order valence-corrected chi connectivity index (χ1v) is 6.36. The maximum atomic E-state index is 5.18. The fourth-order valence-corrected chi connectivity index (χ4v) is 3.87. The van der Waals surface area contributed by atoms with Crippen LogP contribution < -0.4 is 0 Å². The molecule has 2 rings (SSSR count). The number of hydrogen-bond donors (Lipinski definition) is 0. The number of pyridine rings is 1. The highest BCUT2D eigenvalue weighted by atomic mass is 32.9. The number of rotatable bonds is 1. The zero-order valence-electron chi connectivity index (χ0n) is 6.98. The van der Waals surface area contributed by atoms with E-state index in [2.05, 4.69) is 11.9 Å². The summed E-state index contributed by atoms with van der Waals surface area (Å²) < 4.78 is 0.977. The molecule has 0 aliphatic rings. The molecular weight excluding hydrogens is 218 g/mol. The largest absolute Gasteiger partial charge is 0.255 e. The molecular formula is C9H7NS3. The van der Waals surface area contributed by atoms with Crippen LogP contribution in [0.4, 0.5) is 0 Å². The monoisotopic (exact) mass is 225 g/mol. The van der Waals surface area contributed by atoms with Gasteiger partial charge < -0.3 is 0 Å². The highest BCUT2D eigenvalue weighted by molar-refractivity contribution is 7.80. The van der Waals surface area contributed by atoms with E-state index in [1.165, 1.54) is 10.4 Å². The van der Waals surface area contributed by atoms with Crippen molar-refractivity contribution >= 4 is 32.9 Å². The van der Waals surface area contributed by atoms with Crippen LogP contribution in [0.1, 0.15) is 5.56 Å². The van der Waals surface area contributed by atoms with Crippen LogP contribution in [-0.2, 0) is 0 Å². The molecule has 2 aromatic heterocycles. The van der Waals surface area contributed by atoms with Crippen molar-refractivity contribution in [2.24, 2.45) is 0 Å². The summed E-state index contributed by atoms with van der Waals surface area (Å²) in [7, 11) is 3.35. The Balaban J connectivity index is 2.60. The topological polar surface area (TPSA) is 12.9 Å². The molecule has 0 radical (unpaired) electrons. The third-order valence-electron chi connectivity index (χ3n) is 1.74. The van der Waals surface area contributed by atoms with Crippen LogP contribution >= 0.6 is 32.9 Å². The summed E-state index contributed by atoms with van der Waals surface area (Å²) >= 11 is 5.18. The lowest BCUT2D eigenvalue weighted by molar-refractivity contribution is 1.33. The van der Waals surface area contributed by atoms with Gasteiger partial charge in [-0.25, -0.2) is 0 Å². The molecule has 0 spiro atoms. The van der Waals surface area contributed by atoms with E-state index in [-0.39, 0.29) is 0 Å². The van der Waals surface area contributed by atoms with Crippen molar-refractivity contribution < 1.29 is 0 Å². The van der Waals surface area contributed by atoms with Crippen LogP contribution in [0.25, 0.3) is 10.6 Å². The van der Waals surface area contributed by atoms with Gasteiger partial charge in [-0.3, -0.25) is 4.98 Å². The molecule has 0 saturated heterocycles. The highest BCUT2D eigenvalue weighted by Crippen LogP contribution is 2.32. The van der Waals surface area contributed by atoms with Crippen molar-refractivity contribution in [1.29, 1.82) is 0 Å². The molecule has 2 aromatic rings. The normalized spacial score (nSPS) is 10.2. The van der Waals surface area contributed by atoms with Gasteiger partial charge in [-0.15, -0.1) is 0 Å². The van der Waals surface area contributed by atoms with E-state index in [4.69, 9.17) is 12.2 Å². The molecule has 2 heterocycles. The van der Waals surface area contributed by atoms with Gasteiger partial charge in [0.25, 0.3) is 0 Å². The SMILES string of the molecule is Cc1c(-c2ccccn2)ssc1=S. The molecule has 0 aliphatic carbocycles. The average molecular weight is 225 g/mol. The molecule has 1 nitrogen and oxygen atoms in total. The van der Waals surface area contributed by atoms with Crippen LogP contribution in [-0.4, -0.2) is 4.98 Å². The van der Waals surface area contributed by atoms with Gasteiger partial charge in [-0.05, 0) is 24.6 Å². The molecule has 0 fully saturated rings. The quantitative estimate of drug-likeness (QED) is 0.539. The summed E-state index contributed by atoms with van der Waals surface area (Å²) in [5.74, 6) is 0. The Morgan fingerprint density at radius 2 is 2.15 bits per heavy atom. The van der Waals surface area contributed by atoms with Gasteiger partial charge >= 0.3 is 0 Å². The molecule has 0 atom stereocenters. The predicted molar refractivity (Wildman–Crippen MR) is 61.0 cm³/mol. The van der Waals surface area contributed by atoms with Gasteiger partial charge in [0.1, 0.15) is 3.82 Å². The van der Waals surface area contributed by atoms with Crippen LogP contribution in [0.15, 0.2) is 24.4 Å². The fraction of sp³-hybridized carbons (Fsp3) is 0.111. The zero-order chi connectivity index (χ0) is 9.26. The van der Waals surface area contributed by atoms with E-state index >= 15 is 0 Å². The summed E-state index contributed by atoms with van der Waals surface area (Å²) in [6.45, 7) is 2.05. The summed E-state index contributed by atoms with van der Waals surface area (Å²) in [6.07, 6.45) is 1.81. The lowest BCUT2D eigenvalue weighted by Gasteiger charge is -1.95. The molecule has 4 heteroatoms. The maximum Gasteiger partial charge on any atom is 0.105 e. The third kappa shape index (κ3) is 1.70. The van der Waals surface area contributed by atoms with Gasteiger partial charge in [0.2, 0.25) is 0 Å². The first-order valence-electron chi connectivity index (χ1n) is 3.80. The second kappa shape index (κ2) is 3.65. The maximum absolute atomic E-state index is 5.18. The lowest BCUT2D eigenvalue weighted by atomic mass is 10.2. The van der Waals surface area contributed by atoms with Crippen molar-refractivity contribution in [3.8, 4) is 10.6 Å². The number of nitrogens with zero attached hydrogens (tertiary/aromatic N) is 1. The van der Waals surface area contributed by atoms with E-state index in [9.17, 15) is 0 Å². The van der Waals surface area contributed by atoms with E-state index < -0.39 is 0 Å². The molecule has 0 unspecified atom stereocenters. The van der Waals surface area contributed by atoms with Gasteiger partial charge in [0.05, 0.1) is 10.6 Å². The van der Waals surface area contributed by atoms with Crippen molar-refractivity contribution in [2.75, 3.05) is 0 Å². The highest BCUT2D eigenvalue weighted by Gasteiger charge is 2.06. The molecule has 0 bridgehead atoms. The first-order chi connectivity index (χ1) is 6.29. The molecule has 13 heavy (non-hydrogen) atoms. The van der Waals surface area contributed by atoms with Crippen LogP contribution in [0, 0.1) is 10.7 Å². The number of aromatic nitrogens is 1. The second-order valence-corrected chi connectivity index (χ2v) is 5.44. The van der Waals surface area contributed by atoms with Crippen molar-refractivity contribution in [3.05, 3.63) is 33.8 Å². The Bertz CT molecular complexity index is 455. The van der Waals surface area contributed by atoms with E-state index in [0.717, 1.165) is 9.52 Å². The molecule has 0 saturated carbocycles. The zero-order valence-corrected chi connectivity index (χ0v) is 9.43. The Labute approximate surface area is 89.1 Å². The second-order valence-electron chi connectivity index (χ2n) is 2.62. The standard InChI is InChI=1S/C9H7NS3/c1-6-8(12-13-9(6)11)7-4-2-3-5-10-7/h2-5H,1H3. The minimum Gasteiger partial charge on any atom is -0.255 e. The Morgan fingerprint density at radius 3 is 2.69 bits per heavy atom. The van der Waals surface area contributed by atoms with Crippen LogP contribution in [0.2, 0.25) is 0 Å².